The molecule has 2 atom stereocenters. The quantitative estimate of drug-likeness (QED) is 0.788. The molecule has 21 heavy (non-hydrogen) atoms. The van der Waals surface area contributed by atoms with Crippen molar-refractivity contribution in [2.75, 3.05) is 20.3 Å². The second kappa shape index (κ2) is 6.90. The number of carbonyl (C=O) groups excluding carboxylic acids is 1. The topological polar surface area (TPSA) is 84.9 Å². The van der Waals surface area contributed by atoms with Gasteiger partial charge in [0, 0.05) is 6.08 Å². The molecule has 0 aromatic heterocycles. The number of benzene rings is 1. The van der Waals surface area contributed by atoms with Gasteiger partial charge in [-0.1, -0.05) is 12.1 Å². The van der Waals surface area contributed by atoms with Crippen LogP contribution < -0.4 is 10.1 Å². The first kappa shape index (κ1) is 15.1. The fraction of sp³-hybridized carbons (Fsp3) is 0.333. The predicted octanol–water partition coefficient (Wildman–Crippen LogP) is 0.924. The van der Waals surface area contributed by atoms with Crippen LogP contribution in [0.4, 0.5) is 0 Å². The lowest BCUT2D eigenvalue weighted by Gasteiger charge is -2.14. The fourth-order valence-electron chi connectivity index (χ4n) is 2.06. The van der Waals surface area contributed by atoms with Crippen LogP contribution in [0.1, 0.15) is 5.56 Å². The van der Waals surface area contributed by atoms with E-state index in [9.17, 15) is 9.59 Å². The van der Waals surface area contributed by atoms with Crippen molar-refractivity contribution in [2.45, 2.75) is 6.04 Å². The summed E-state index contributed by atoms with van der Waals surface area (Å²) in [6, 6.07) is 6.74. The van der Waals surface area contributed by atoms with Gasteiger partial charge in [-0.15, -0.1) is 0 Å². The first-order valence-corrected chi connectivity index (χ1v) is 6.53. The van der Waals surface area contributed by atoms with Gasteiger partial charge in [0.2, 0.25) is 5.91 Å². The molecule has 6 nitrogen and oxygen atoms in total. The highest BCUT2D eigenvalue weighted by Crippen LogP contribution is 2.14. The number of hydrogen-bond acceptors (Lipinski definition) is 4. The van der Waals surface area contributed by atoms with Crippen LogP contribution in [0.5, 0.6) is 5.75 Å². The van der Waals surface area contributed by atoms with Gasteiger partial charge in [0.05, 0.1) is 26.4 Å². The molecule has 2 unspecified atom stereocenters. The van der Waals surface area contributed by atoms with Crippen LogP contribution in [0, 0.1) is 5.92 Å². The van der Waals surface area contributed by atoms with Gasteiger partial charge in [-0.05, 0) is 23.8 Å². The van der Waals surface area contributed by atoms with Crippen molar-refractivity contribution in [1.82, 2.24) is 5.32 Å². The highest BCUT2D eigenvalue weighted by atomic mass is 16.5. The Bertz CT molecular complexity index is 537. The van der Waals surface area contributed by atoms with Gasteiger partial charge in [0.15, 0.2) is 0 Å². The fourth-order valence-corrected chi connectivity index (χ4v) is 2.06. The highest BCUT2D eigenvalue weighted by Gasteiger charge is 2.34. The van der Waals surface area contributed by atoms with Crippen LogP contribution in [0.25, 0.3) is 6.08 Å². The molecule has 1 aliphatic rings. The van der Waals surface area contributed by atoms with Crippen LogP contribution in [0.2, 0.25) is 0 Å². The zero-order valence-corrected chi connectivity index (χ0v) is 11.6. The molecule has 1 fully saturated rings. The first-order chi connectivity index (χ1) is 10.1. The Labute approximate surface area is 122 Å². The lowest BCUT2D eigenvalue weighted by molar-refractivity contribution is -0.142. The van der Waals surface area contributed by atoms with Crippen molar-refractivity contribution in [3.63, 3.8) is 0 Å². The van der Waals surface area contributed by atoms with Crippen molar-refractivity contribution >= 4 is 18.0 Å². The molecule has 1 saturated heterocycles. The maximum atomic E-state index is 11.8. The molecular weight excluding hydrogens is 274 g/mol. The average molecular weight is 291 g/mol. The number of amides is 1. The van der Waals surface area contributed by atoms with Gasteiger partial charge in [0.25, 0.3) is 0 Å². The smallest absolute Gasteiger partial charge is 0.311 e. The number of carboxylic acid groups (broad SMARTS) is 1. The summed E-state index contributed by atoms with van der Waals surface area (Å²) in [6.07, 6.45) is 3.03. The lowest BCUT2D eigenvalue weighted by Crippen LogP contribution is -2.41. The first-order valence-electron chi connectivity index (χ1n) is 6.53. The van der Waals surface area contributed by atoms with E-state index in [1.54, 1.807) is 25.3 Å². The predicted molar refractivity (Wildman–Crippen MR) is 75.9 cm³/mol. The number of nitrogens with one attached hydrogen (secondary N) is 1. The summed E-state index contributed by atoms with van der Waals surface area (Å²) < 4.78 is 10.1. The molecule has 6 heteroatoms. The number of hydrogen-bond donors (Lipinski definition) is 2. The maximum Gasteiger partial charge on any atom is 0.311 e. The van der Waals surface area contributed by atoms with E-state index >= 15 is 0 Å². The summed E-state index contributed by atoms with van der Waals surface area (Å²) in [7, 11) is 1.58. The Balaban J connectivity index is 1.91. The number of ether oxygens (including phenoxy) is 2. The number of carbonyl (C=O) groups is 2. The van der Waals surface area contributed by atoms with Crippen LogP contribution >= 0.6 is 0 Å². The van der Waals surface area contributed by atoms with E-state index in [0.717, 1.165) is 11.3 Å². The van der Waals surface area contributed by atoms with E-state index in [1.165, 1.54) is 6.08 Å². The molecule has 0 radical (unpaired) electrons. The van der Waals surface area contributed by atoms with Crippen LogP contribution in [-0.4, -0.2) is 43.3 Å². The van der Waals surface area contributed by atoms with Crippen molar-refractivity contribution < 1.29 is 24.2 Å². The van der Waals surface area contributed by atoms with Gasteiger partial charge in [-0.3, -0.25) is 9.59 Å². The van der Waals surface area contributed by atoms with E-state index in [-0.39, 0.29) is 19.1 Å². The standard InChI is InChI=1S/C15H17NO5/c1-20-11-5-2-10(3-6-11)4-7-14(17)16-13-9-21-8-12(13)15(18)19/h2-7,12-13H,8-9H2,1H3,(H,16,17)(H,18,19). The van der Waals surface area contributed by atoms with Gasteiger partial charge < -0.3 is 19.9 Å². The third-order valence-electron chi connectivity index (χ3n) is 3.27. The molecule has 1 amide bonds. The molecule has 1 aromatic rings. The third-order valence-corrected chi connectivity index (χ3v) is 3.27. The van der Waals surface area contributed by atoms with Crippen LogP contribution in [0.3, 0.4) is 0 Å². The monoisotopic (exact) mass is 291 g/mol. The zero-order valence-electron chi connectivity index (χ0n) is 11.6. The van der Waals surface area contributed by atoms with Crippen molar-refractivity contribution in [3.05, 3.63) is 35.9 Å². The van der Waals surface area contributed by atoms with Crippen LogP contribution in [0.15, 0.2) is 30.3 Å². The molecular formula is C15H17NO5. The molecule has 0 bridgehead atoms. The Kier molecular flexibility index (Phi) is 4.94. The highest BCUT2D eigenvalue weighted by molar-refractivity contribution is 5.92. The summed E-state index contributed by atoms with van der Waals surface area (Å²) in [5.41, 5.74) is 0.850. The number of rotatable bonds is 5. The van der Waals surface area contributed by atoms with Gasteiger partial charge in [-0.2, -0.15) is 0 Å². The summed E-state index contributed by atoms with van der Waals surface area (Å²) in [6.45, 7) is 0.349. The molecule has 2 N–H and O–H groups in total. The third kappa shape index (κ3) is 4.06. The Morgan fingerprint density at radius 1 is 1.33 bits per heavy atom. The lowest BCUT2D eigenvalue weighted by atomic mass is 10.0. The molecule has 0 saturated carbocycles. The van der Waals surface area contributed by atoms with E-state index in [0.29, 0.717) is 0 Å². The van der Waals surface area contributed by atoms with E-state index in [2.05, 4.69) is 5.32 Å². The second-order valence-electron chi connectivity index (χ2n) is 4.70. The Morgan fingerprint density at radius 2 is 2.05 bits per heavy atom. The van der Waals surface area contributed by atoms with Gasteiger partial charge in [-0.25, -0.2) is 0 Å². The van der Waals surface area contributed by atoms with E-state index in [1.807, 2.05) is 12.1 Å². The molecule has 1 aliphatic heterocycles. The van der Waals surface area contributed by atoms with Gasteiger partial charge in [0.1, 0.15) is 11.7 Å². The summed E-state index contributed by atoms with van der Waals surface area (Å²) in [4.78, 5) is 22.8. The normalized spacial score (nSPS) is 21.4. The molecule has 1 aromatic carbocycles. The SMILES string of the molecule is COc1ccc(C=CC(=O)NC2COCC2C(=O)O)cc1. The average Bonchev–Trinajstić information content (AvgIpc) is 2.94. The minimum atomic E-state index is -0.961. The number of carboxylic acids is 1. The molecule has 2 rings (SSSR count). The number of aliphatic carboxylic acids is 1. The van der Waals surface area contributed by atoms with E-state index in [4.69, 9.17) is 14.6 Å². The van der Waals surface area contributed by atoms with Crippen LogP contribution in [-0.2, 0) is 14.3 Å². The largest absolute Gasteiger partial charge is 0.497 e. The molecule has 0 spiro atoms. The van der Waals surface area contributed by atoms with Gasteiger partial charge >= 0.3 is 5.97 Å². The molecule has 1 heterocycles. The second-order valence-corrected chi connectivity index (χ2v) is 4.70. The Morgan fingerprint density at radius 3 is 2.67 bits per heavy atom. The minimum absolute atomic E-state index is 0.127. The van der Waals surface area contributed by atoms with Crippen molar-refractivity contribution in [3.8, 4) is 5.75 Å². The summed E-state index contributed by atoms with van der Waals surface area (Å²) >= 11 is 0. The Hall–Kier alpha value is -2.34. The maximum absolute atomic E-state index is 11.8. The molecule has 0 aliphatic carbocycles. The summed E-state index contributed by atoms with van der Waals surface area (Å²) in [5.74, 6) is -1.25. The zero-order chi connectivity index (χ0) is 15.2. The van der Waals surface area contributed by atoms with Crippen molar-refractivity contribution in [1.29, 1.82) is 0 Å². The summed E-state index contributed by atoms with van der Waals surface area (Å²) in [5, 5.41) is 11.6. The molecule has 112 valence electrons. The van der Waals surface area contributed by atoms with Crippen molar-refractivity contribution in [2.24, 2.45) is 5.92 Å². The van der Waals surface area contributed by atoms with E-state index < -0.39 is 17.9 Å². The number of methoxy groups -OCH3 is 1. The minimum Gasteiger partial charge on any atom is -0.497 e.